The second-order valence-corrected chi connectivity index (χ2v) is 6.53. The summed E-state index contributed by atoms with van der Waals surface area (Å²) < 4.78 is 12.3. The minimum absolute atomic E-state index is 0.0119. The fourth-order valence-corrected chi connectivity index (χ4v) is 2.78. The number of aromatic nitrogens is 1. The quantitative estimate of drug-likeness (QED) is 0.932. The number of hydrogen-bond donors (Lipinski definition) is 1. The molecule has 122 valence electrons. The zero-order valence-electron chi connectivity index (χ0n) is 13.6. The Kier molecular flexibility index (Phi) is 4.90. The van der Waals surface area contributed by atoms with Crippen molar-refractivity contribution in [3.63, 3.8) is 0 Å². The number of amides is 1. The van der Waals surface area contributed by atoms with Crippen molar-refractivity contribution < 1.29 is 14.3 Å². The molecule has 1 fully saturated rings. The molecule has 6 nitrogen and oxygen atoms in total. The highest BCUT2D eigenvalue weighted by Crippen LogP contribution is 2.31. The van der Waals surface area contributed by atoms with Crippen molar-refractivity contribution in [1.29, 1.82) is 0 Å². The van der Waals surface area contributed by atoms with Crippen LogP contribution in [0.5, 0.6) is 0 Å². The van der Waals surface area contributed by atoms with E-state index in [0.717, 1.165) is 19.3 Å². The van der Waals surface area contributed by atoms with E-state index in [-0.39, 0.29) is 23.4 Å². The van der Waals surface area contributed by atoms with Crippen molar-refractivity contribution in [3.8, 4) is 0 Å². The van der Waals surface area contributed by atoms with Gasteiger partial charge in [0.2, 0.25) is 0 Å². The zero-order valence-corrected chi connectivity index (χ0v) is 13.6. The van der Waals surface area contributed by atoms with E-state index in [1.807, 2.05) is 0 Å². The molecule has 6 heteroatoms. The van der Waals surface area contributed by atoms with Crippen LogP contribution in [0.15, 0.2) is 23.1 Å². The average Bonchev–Trinajstić information content (AvgIpc) is 2.87. The summed E-state index contributed by atoms with van der Waals surface area (Å²) in [6.45, 7) is 5.33. The summed E-state index contributed by atoms with van der Waals surface area (Å²) in [6.07, 6.45) is 4.02. The highest BCUT2D eigenvalue weighted by atomic mass is 16.6. The predicted molar refractivity (Wildman–Crippen MR) is 84.2 cm³/mol. The summed E-state index contributed by atoms with van der Waals surface area (Å²) in [5.74, 6) is 0. The molecule has 0 bridgehead atoms. The molecule has 2 atom stereocenters. The predicted octanol–water partition coefficient (Wildman–Crippen LogP) is 2.94. The molecule has 1 aromatic rings. The van der Waals surface area contributed by atoms with E-state index in [0.29, 0.717) is 0 Å². The second kappa shape index (κ2) is 6.52. The number of anilines is 1. The highest BCUT2D eigenvalue weighted by Gasteiger charge is 2.29. The third-order valence-electron chi connectivity index (χ3n) is 3.69. The third kappa shape index (κ3) is 3.88. The summed E-state index contributed by atoms with van der Waals surface area (Å²) >= 11 is 0. The minimum Gasteiger partial charge on any atom is -0.444 e. The zero-order chi connectivity index (χ0) is 16.3. The monoisotopic (exact) mass is 308 g/mol. The molecule has 0 spiro atoms. The third-order valence-corrected chi connectivity index (χ3v) is 3.69. The van der Waals surface area contributed by atoms with Gasteiger partial charge in [0, 0.05) is 13.3 Å². The number of carbonyl (C=O) groups excluding carboxylic acids is 1. The smallest absolute Gasteiger partial charge is 0.412 e. The van der Waals surface area contributed by atoms with Crippen molar-refractivity contribution >= 4 is 11.8 Å². The first-order valence-electron chi connectivity index (χ1n) is 7.56. The van der Waals surface area contributed by atoms with Crippen LogP contribution in [0, 0.1) is 0 Å². The van der Waals surface area contributed by atoms with Gasteiger partial charge in [0.25, 0.3) is 5.56 Å². The van der Waals surface area contributed by atoms with E-state index in [1.54, 1.807) is 50.8 Å². The largest absolute Gasteiger partial charge is 0.444 e. The first kappa shape index (κ1) is 16.5. The molecule has 2 rings (SSSR count). The molecule has 22 heavy (non-hydrogen) atoms. The molecule has 1 heterocycles. The molecule has 0 aromatic carbocycles. The second-order valence-electron chi connectivity index (χ2n) is 6.53. The van der Waals surface area contributed by atoms with E-state index in [1.165, 1.54) is 0 Å². The topological polar surface area (TPSA) is 69.6 Å². The lowest BCUT2D eigenvalue weighted by Crippen LogP contribution is -2.33. The van der Waals surface area contributed by atoms with Gasteiger partial charge in [-0.05, 0) is 52.2 Å². The molecule has 1 saturated carbocycles. The number of methoxy groups -OCH3 is 1. The maximum absolute atomic E-state index is 12.6. The summed E-state index contributed by atoms with van der Waals surface area (Å²) in [5, 5.41) is 2.53. The van der Waals surface area contributed by atoms with Crippen molar-refractivity contribution in [3.05, 3.63) is 28.7 Å². The number of ether oxygens (including phenoxy) is 2. The van der Waals surface area contributed by atoms with Gasteiger partial charge in [-0.2, -0.15) is 0 Å². The number of rotatable bonds is 3. The molecule has 1 aliphatic rings. The van der Waals surface area contributed by atoms with Gasteiger partial charge in [-0.15, -0.1) is 0 Å². The molecular weight excluding hydrogens is 284 g/mol. The van der Waals surface area contributed by atoms with Gasteiger partial charge >= 0.3 is 6.09 Å². The molecule has 0 radical (unpaired) electrons. The van der Waals surface area contributed by atoms with Gasteiger partial charge in [0.05, 0.1) is 12.1 Å². The Hall–Kier alpha value is -1.82. The van der Waals surface area contributed by atoms with E-state index >= 15 is 0 Å². The van der Waals surface area contributed by atoms with Crippen LogP contribution in [0.2, 0.25) is 0 Å². The molecule has 0 saturated heterocycles. The first-order valence-corrected chi connectivity index (χ1v) is 7.56. The Morgan fingerprint density at radius 1 is 1.36 bits per heavy atom. The lowest BCUT2D eigenvalue weighted by Gasteiger charge is -2.22. The van der Waals surface area contributed by atoms with Crippen LogP contribution >= 0.6 is 0 Å². The Balaban J connectivity index is 2.19. The fraction of sp³-hybridized carbons (Fsp3) is 0.625. The van der Waals surface area contributed by atoms with Gasteiger partial charge in [0.1, 0.15) is 11.3 Å². The van der Waals surface area contributed by atoms with E-state index in [9.17, 15) is 9.59 Å². The molecule has 1 aromatic heterocycles. The van der Waals surface area contributed by atoms with Crippen molar-refractivity contribution in [2.45, 2.75) is 57.8 Å². The average molecular weight is 308 g/mol. The maximum Gasteiger partial charge on any atom is 0.412 e. The van der Waals surface area contributed by atoms with Crippen LogP contribution in [0.1, 0.15) is 46.1 Å². The number of hydrogen-bond acceptors (Lipinski definition) is 4. The summed E-state index contributed by atoms with van der Waals surface area (Å²) in [7, 11) is 1.66. The van der Waals surface area contributed by atoms with E-state index in [4.69, 9.17) is 9.47 Å². The molecule has 0 aliphatic heterocycles. The van der Waals surface area contributed by atoms with Crippen LogP contribution in [-0.4, -0.2) is 29.5 Å². The van der Waals surface area contributed by atoms with Crippen molar-refractivity contribution in [2.75, 3.05) is 12.4 Å². The molecule has 1 N–H and O–H groups in total. The lowest BCUT2D eigenvalue weighted by atomic mass is 10.2. The molecule has 0 unspecified atom stereocenters. The van der Waals surface area contributed by atoms with Crippen LogP contribution < -0.4 is 10.9 Å². The van der Waals surface area contributed by atoms with E-state index in [2.05, 4.69) is 5.32 Å². The van der Waals surface area contributed by atoms with Gasteiger partial charge in [-0.1, -0.05) is 0 Å². The number of pyridine rings is 1. The Labute approximate surface area is 130 Å². The van der Waals surface area contributed by atoms with Gasteiger partial charge in [0.15, 0.2) is 0 Å². The minimum atomic E-state index is -0.628. The van der Waals surface area contributed by atoms with E-state index < -0.39 is 11.7 Å². The van der Waals surface area contributed by atoms with Gasteiger partial charge in [-0.3, -0.25) is 10.1 Å². The summed E-state index contributed by atoms with van der Waals surface area (Å²) in [4.78, 5) is 24.4. The van der Waals surface area contributed by atoms with Crippen LogP contribution in [0.3, 0.4) is 0 Å². The van der Waals surface area contributed by atoms with Crippen molar-refractivity contribution in [1.82, 2.24) is 4.57 Å². The first-order chi connectivity index (χ1) is 10.3. The lowest BCUT2D eigenvalue weighted by molar-refractivity contribution is 0.0635. The highest BCUT2D eigenvalue weighted by molar-refractivity contribution is 5.84. The summed E-state index contributed by atoms with van der Waals surface area (Å²) in [5.41, 5.74) is -0.620. The van der Waals surface area contributed by atoms with Gasteiger partial charge in [-0.25, -0.2) is 4.79 Å². The maximum atomic E-state index is 12.6. The van der Waals surface area contributed by atoms with Gasteiger partial charge < -0.3 is 14.0 Å². The SMILES string of the molecule is CO[C@@H]1CCC[C@H]1n1cccc(NC(=O)OC(C)(C)C)c1=O. The summed E-state index contributed by atoms with van der Waals surface area (Å²) in [6, 6.07) is 3.34. The molecule has 1 aliphatic carbocycles. The standard InChI is InChI=1S/C16H24N2O4/c1-16(2,3)22-15(20)17-11-7-6-10-18(14(11)19)12-8-5-9-13(12)21-4/h6-7,10,12-13H,5,8-9H2,1-4H3,(H,17,20)/t12-,13-/m1/s1. The molecular formula is C16H24N2O4. The Morgan fingerprint density at radius 3 is 2.73 bits per heavy atom. The number of carbonyl (C=O) groups is 1. The normalized spacial score (nSPS) is 21.6. The van der Waals surface area contributed by atoms with Crippen molar-refractivity contribution in [2.24, 2.45) is 0 Å². The number of nitrogens with one attached hydrogen (secondary N) is 1. The Bertz CT molecular complexity index is 589. The Morgan fingerprint density at radius 2 is 2.09 bits per heavy atom. The fourth-order valence-electron chi connectivity index (χ4n) is 2.78. The number of nitrogens with zero attached hydrogens (tertiary/aromatic N) is 1. The molecule has 1 amide bonds. The van der Waals surface area contributed by atoms with Crippen LogP contribution in [0.4, 0.5) is 10.5 Å². The van der Waals surface area contributed by atoms with Crippen LogP contribution in [0.25, 0.3) is 0 Å². The van der Waals surface area contributed by atoms with Crippen LogP contribution in [-0.2, 0) is 9.47 Å².